The molecule has 0 saturated carbocycles. The van der Waals surface area contributed by atoms with Crippen molar-refractivity contribution >= 4 is 19.8 Å². The Morgan fingerprint density at radius 2 is 1.15 bits per heavy atom. The molecule has 0 bridgehead atoms. The van der Waals surface area contributed by atoms with Crippen LogP contribution in [0.3, 0.4) is 0 Å². The van der Waals surface area contributed by atoms with Crippen LogP contribution in [0.4, 0.5) is 0 Å². The number of likely N-dealkylation sites (N-methyl/N-ethyl adjacent to an activating group) is 1. The maximum Gasteiger partial charge on any atom is 0.306 e. The third kappa shape index (κ3) is 33.9. The standard InChI is InChI=1S/C37H68NO8P/c1-6-8-10-12-14-16-17-18-19-20-21-22-24-25-27-29-36(39)43-33-35(34-45-47(41,42)44-32-31-38(3,4)5)46-37(40)30-28-26-23-15-13-11-9-7-2/h14,16,18-19,21-22,35H,6-13,15,17,20,23-34H2,1-5H3/b16-14+,19-18+,22-21+/t35-/m0/s1. The first-order chi connectivity index (χ1) is 22.5. The molecule has 0 N–H and O–H groups in total. The van der Waals surface area contributed by atoms with Crippen molar-refractivity contribution in [1.82, 2.24) is 0 Å². The Kier molecular flexibility index (Phi) is 29.2. The molecule has 0 rings (SSSR count). The van der Waals surface area contributed by atoms with Crippen LogP contribution in [0.15, 0.2) is 36.5 Å². The second-order valence-electron chi connectivity index (χ2n) is 13.2. The number of rotatable bonds is 32. The van der Waals surface area contributed by atoms with Gasteiger partial charge in [-0.2, -0.15) is 0 Å². The Morgan fingerprint density at radius 3 is 1.74 bits per heavy atom. The summed E-state index contributed by atoms with van der Waals surface area (Å²) in [5.74, 6) is -0.888. The molecule has 0 aromatic carbocycles. The van der Waals surface area contributed by atoms with Gasteiger partial charge in [-0.05, 0) is 51.4 Å². The summed E-state index contributed by atoms with van der Waals surface area (Å²) in [6, 6.07) is 0. The largest absolute Gasteiger partial charge is 0.756 e. The zero-order valence-electron chi connectivity index (χ0n) is 30.5. The second kappa shape index (κ2) is 30.3. The van der Waals surface area contributed by atoms with Gasteiger partial charge in [-0.1, -0.05) is 108 Å². The van der Waals surface area contributed by atoms with Crippen LogP contribution in [-0.2, 0) is 32.7 Å². The van der Waals surface area contributed by atoms with Gasteiger partial charge in [-0.3, -0.25) is 14.2 Å². The number of carbonyl (C=O) groups is 2. The fourth-order valence-corrected chi connectivity index (χ4v) is 5.21. The monoisotopic (exact) mass is 685 g/mol. The van der Waals surface area contributed by atoms with E-state index in [1.165, 1.54) is 44.9 Å². The Balaban J connectivity index is 4.49. The summed E-state index contributed by atoms with van der Waals surface area (Å²) in [6.45, 7) is 4.08. The zero-order valence-corrected chi connectivity index (χ0v) is 31.4. The third-order valence-corrected chi connectivity index (χ3v) is 8.38. The van der Waals surface area contributed by atoms with Crippen LogP contribution in [0.25, 0.3) is 0 Å². The SMILES string of the molecule is CCCCC/C=C/C/C=C/C/C=C/CCCCC(=O)OC[C@@H](COP(=O)([O-])OCC[N+](C)(C)C)OC(=O)CCCCCCCCCC. The highest BCUT2D eigenvalue weighted by molar-refractivity contribution is 7.45. The molecular weight excluding hydrogens is 617 g/mol. The van der Waals surface area contributed by atoms with Crippen LogP contribution in [0.2, 0.25) is 0 Å². The molecule has 0 saturated heterocycles. The average Bonchev–Trinajstić information content (AvgIpc) is 3.01. The quantitative estimate of drug-likeness (QED) is 0.0227. The zero-order chi connectivity index (χ0) is 35.1. The van der Waals surface area contributed by atoms with Crippen molar-refractivity contribution in [3.63, 3.8) is 0 Å². The van der Waals surface area contributed by atoms with E-state index in [1.54, 1.807) is 0 Å². The molecule has 47 heavy (non-hydrogen) atoms. The number of esters is 2. The van der Waals surface area contributed by atoms with Crippen LogP contribution in [0, 0.1) is 0 Å². The number of carbonyl (C=O) groups excluding carboxylic acids is 2. The minimum atomic E-state index is -4.62. The van der Waals surface area contributed by atoms with Crippen molar-refractivity contribution < 1.29 is 42.1 Å². The highest BCUT2D eigenvalue weighted by Gasteiger charge is 2.21. The van der Waals surface area contributed by atoms with Crippen LogP contribution >= 0.6 is 7.82 Å². The smallest absolute Gasteiger partial charge is 0.306 e. The van der Waals surface area contributed by atoms with E-state index in [2.05, 4.69) is 50.3 Å². The number of ether oxygens (including phenoxy) is 2. The van der Waals surface area contributed by atoms with Crippen molar-refractivity contribution in [2.45, 2.75) is 142 Å². The van der Waals surface area contributed by atoms with Gasteiger partial charge in [0.2, 0.25) is 0 Å². The molecule has 0 radical (unpaired) electrons. The number of phosphoric ester groups is 1. The lowest BCUT2D eigenvalue weighted by Crippen LogP contribution is -2.37. The van der Waals surface area contributed by atoms with E-state index < -0.39 is 32.5 Å². The Labute approximate surface area is 287 Å². The fraction of sp³-hybridized carbons (Fsp3) is 0.784. The lowest BCUT2D eigenvalue weighted by atomic mass is 10.1. The molecule has 274 valence electrons. The third-order valence-electron chi connectivity index (χ3n) is 7.41. The van der Waals surface area contributed by atoms with E-state index >= 15 is 0 Å². The summed E-state index contributed by atoms with van der Waals surface area (Å²) in [5.41, 5.74) is 0. The number of nitrogens with zero attached hydrogens (tertiary/aromatic N) is 1. The molecule has 0 spiro atoms. The van der Waals surface area contributed by atoms with E-state index in [1.807, 2.05) is 21.1 Å². The number of phosphoric acid groups is 1. The first-order valence-electron chi connectivity index (χ1n) is 18.2. The first-order valence-corrected chi connectivity index (χ1v) is 19.7. The molecule has 1 unspecified atom stereocenters. The maximum absolute atomic E-state index is 12.5. The van der Waals surface area contributed by atoms with Gasteiger partial charge in [-0.15, -0.1) is 0 Å². The molecule has 0 amide bonds. The summed E-state index contributed by atoms with van der Waals surface area (Å²) in [6.07, 6.45) is 30.4. The Morgan fingerprint density at radius 1 is 0.660 bits per heavy atom. The molecule has 0 aliphatic rings. The Bertz CT molecular complexity index is 913. The molecule has 0 fully saturated rings. The van der Waals surface area contributed by atoms with Gasteiger partial charge in [0, 0.05) is 12.8 Å². The van der Waals surface area contributed by atoms with Crippen molar-refractivity contribution in [1.29, 1.82) is 0 Å². The highest BCUT2D eigenvalue weighted by atomic mass is 31.2. The summed E-state index contributed by atoms with van der Waals surface area (Å²) in [7, 11) is 1.14. The molecule has 2 atom stereocenters. The first kappa shape index (κ1) is 45.2. The molecule has 0 aromatic rings. The normalized spacial score (nSPS) is 14.3. The molecule has 0 aliphatic heterocycles. The summed E-state index contributed by atoms with van der Waals surface area (Å²) < 4.78 is 33.6. The average molecular weight is 686 g/mol. The lowest BCUT2D eigenvalue weighted by Gasteiger charge is -2.28. The van der Waals surface area contributed by atoms with Gasteiger partial charge in [-0.25, -0.2) is 0 Å². The van der Waals surface area contributed by atoms with Crippen molar-refractivity contribution in [2.75, 3.05) is 47.5 Å². The predicted molar refractivity (Wildman–Crippen MR) is 190 cm³/mol. The molecule has 0 aromatic heterocycles. The van der Waals surface area contributed by atoms with Gasteiger partial charge in [0.25, 0.3) is 7.82 Å². The second-order valence-corrected chi connectivity index (χ2v) is 14.6. The van der Waals surface area contributed by atoms with E-state index in [9.17, 15) is 19.0 Å². The van der Waals surface area contributed by atoms with Crippen LogP contribution in [0.5, 0.6) is 0 Å². The van der Waals surface area contributed by atoms with Gasteiger partial charge in [0.15, 0.2) is 6.10 Å². The fourth-order valence-electron chi connectivity index (χ4n) is 4.48. The molecule has 10 heteroatoms. The summed E-state index contributed by atoms with van der Waals surface area (Å²) in [4.78, 5) is 37.1. The Hall–Kier alpha value is -1.77. The minimum absolute atomic E-state index is 0.0368. The van der Waals surface area contributed by atoms with Gasteiger partial charge < -0.3 is 27.9 Å². The molecule has 0 aliphatic carbocycles. The lowest BCUT2D eigenvalue weighted by molar-refractivity contribution is -0.870. The number of quaternary nitrogens is 1. The number of allylic oxidation sites excluding steroid dienone is 6. The maximum atomic E-state index is 12.5. The number of hydrogen-bond donors (Lipinski definition) is 0. The van der Waals surface area contributed by atoms with Crippen LogP contribution in [-0.4, -0.2) is 70.0 Å². The van der Waals surface area contributed by atoms with Crippen LogP contribution in [0.1, 0.15) is 136 Å². The van der Waals surface area contributed by atoms with E-state index in [4.69, 9.17) is 18.5 Å². The number of hydrogen-bond acceptors (Lipinski definition) is 8. The predicted octanol–water partition coefficient (Wildman–Crippen LogP) is 8.77. The van der Waals surface area contributed by atoms with Gasteiger partial charge in [0.05, 0.1) is 27.7 Å². The number of unbranched alkanes of at least 4 members (excludes halogenated alkanes) is 12. The molecule has 0 heterocycles. The molecule has 9 nitrogen and oxygen atoms in total. The van der Waals surface area contributed by atoms with Gasteiger partial charge >= 0.3 is 11.9 Å². The highest BCUT2D eigenvalue weighted by Crippen LogP contribution is 2.38. The van der Waals surface area contributed by atoms with E-state index in [0.717, 1.165) is 51.4 Å². The van der Waals surface area contributed by atoms with Crippen LogP contribution < -0.4 is 4.89 Å². The minimum Gasteiger partial charge on any atom is -0.756 e. The topological polar surface area (TPSA) is 111 Å². The van der Waals surface area contributed by atoms with Crippen molar-refractivity contribution in [3.8, 4) is 0 Å². The van der Waals surface area contributed by atoms with Crippen molar-refractivity contribution in [3.05, 3.63) is 36.5 Å². The molecular formula is C37H68NO8P. The summed E-state index contributed by atoms with van der Waals surface area (Å²) in [5, 5.41) is 0. The van der Waals surface area contributed by atoms with Gasteiger partial charge in [0.1, 0.15) is 19.8 Å². The van der Waals surface area contributed by atoms with E-state index in [0.29, 0.717) is 23.9 Å². The van der Waals surface area contributed by atoms with E-state index in [-0.39, 0.29) is 26.1 Å². The summed E-state index contributed by atoms with van der Waals surface area (Å²) >= 11 is 0. The van der Waals surface area contributed by atoms with Crippen molar-refractivity contribution in [2.24, 2.45) is 0 Å².